The molecule has 0 unspecified atom stereocenters. The number of halogens is 3. The van der Waals surface area contributed by atoms with Crippen LogP contribution in [0.4, 0.5) is 0 Å². The molecule has 0 radical (unpaired) electrons. The predicted octanol–water partition coefficient (Wildman–Crippen LogP) is 5.57. The van der Waals surface area contributed by atoms with Gasteiger partial charge < -0.3 is 0 Å². The molecular weight excluding hydrogens is 511 g/mol. The number of ketones is 1. The number of nitrogens with zero attached hydrogens (tertiary/aromatic N) is 2. The van der Waals surface area contributed by atoms with Gasteiger partial charge in [-0.15, -0.1) is 11.6 Å². The summed E-state index contributed by atoms with van der Waals surface area (Å²) in [7, 11) is 0. The summed E-state index contributed by atoms with van der Waals surface area (Å²) < 4.78 is 0. The van der Waals surface area contributed by atoms with Crippen molar-refractivity contribution in [3.63, 3.8) is 0 Å². The maximum absolute atomic E-state index is 13.9. The van der Waals surface area contributed by atoms with Gasteiger partial charge in [0.1, 0.15) is 6.04 Å². The normalized spacial score (nSPS) is 20.3. The van der Waals surface area contributed by atoms with Crippen molar-refractivity contribution in [2.45, 2.75) is 32.2 Å². The summed E-state index contributed by atoms with van der Waals surface area (Å²) in [4.78, 5) is 54.6. The fourth-order valence-electron chi connectivity index (χ4n) is 4.64. The van der Waals surface area contributed by atoms with Gasteiger partial charge in [0.15, 0.2) is 5.78 Å². The first kappa shape index (κ1) is 25.4. The molecule has 6 nitrogen and oxygen atoms in total. The van der Waals surface area contributed by atoms with E-state index >= 15 is 0 Å². The van der Waals surface area contributed by atoms with Gasteiger partial charge in [-0.05, 0) is 62.6 Å². The summed E-state index contributed by atoms with van der Waals surface area (Å²) in [5, 5.41) is 2.41. The first-order chi connectivity index (χ1) is 16.7. The predicted molar refractivity (Wildman–Crippen MR) is 134 cm³/mol. The molecule has 9 heteroatoms. The third-order valence-electron chi connectivity index (χ3n) is 6.44. The van der Waals surface area contributed by atoms with Crippen LogP contribution >= 0.6 is 34.8 Å². The van der Waals surface area contributed by atoms with E-state index in [1.165, 1.54) is 24.3 Å². The number of amides is 3. The first-order valence-electron chi connectivity index (χ1n) is 11.2. The Morgan fingerprint density at radius 2 is 1.69 bits per heavy atom. The quantitative estimate of drug-likeness (QED) is 0.202. The highest BCUT2D eigenvalue weighted by Gasteiger charge is 2.53. The van der Waals surface area contributed by atoms with Crippen LogP contribution in [0.25, 0.3) is 0 Å². The molecule has 3 amide bonds. The van der Waals surface area contributed by atoms with Gasteiger partial charge in [0.05, 0.1) is 22.4 Å². The lowest BCUT2D eigenvalue weighted by molar-refractivity contribution is -0.156. The fourth-order valence-corrected chi connectivity index (χ4v) is 5.19. The Hall–Kier alpha value is -2.67. The van der Waals surface area contributed by atoms with Crippen molar-refractivity contribution in [3.8, 4) is 0 Å². The van der Waals surface area contributed by atoms with Gasteiger partial charge >= 0.3 is 0 Å². The number of hydrazine groups is 1. The van der Waals surface area contributed by atoms with E-state index in [0.29, 0.717) is 17.9 Å². The van der Waals surface area contributed by atoms with E-state index < -0.39 is 41.4 Å². The van der Waals surface area contributed by atoms with Gasteiger partial charge in [-0.2, -0.15) is 5.01 Å². The molecule has 182 valence electrons. The molecule has 1 saturated heterocycles. The summed E-state index contributed by atoms with van der Waals surface area (Å²) in [6.07, 6.45) is 2.77. The summed E-state index contributed by atoms with van der Waals surface area (Å²) in [5.74, 6) is -3.36. The van der Waals surface area contributed by atoms with Crippen LogP contribution in [-0.4, -0.2) is 45.4 Å². The molecule has 2 aromatic carbocycles. The zero-order valence-electron chi connectivity index (χ0n) is 18.9. The van der Waals surface area contributed by atoms with Gasteiger partial charge in [0, 0.05) is 16.5 Å². The van der Waals surface area contributed by atoms with Crippen LogP contribution in [0.2, 0.25) is 10.0 Å². The monoisotopic (exact) mass is 532 g/mol. The number of carbonyl (C=O) groups excluding carboxylic acids is 4. The van der Waals surface area contributed by atoms with Crippen LogP contribution in [0.15, 0.2) is 60.2 Å². The zero-order chi connectivity index (χ0) is 25.3. The van der Waals surface area contributed by atoms with Crippen molar-refractivity contribution in [3.05, 3.63) is 81.4 Å². The first-order valence-corrected chi connectivity index (χ1v) is 12.5. The highest BCUT2D eigenvalue weighted by atomic mass is 35.5. The minimum absolute atomic E-state index is 0.0139. The third kappa shape index (κ3) is 4.88. The number of fused-ring (bicyclic) bond motifs is 1. The summed E-state index contributed by atoms with van der Waals surface area (Å²) in [5.41, 5.74) is 1.35. The zero-order valence-corrected chi connectivity index (χ0v) is 21.2. The summed E-state index contributed by atoms with van der Waals surface area (Å²) >= 11 is 18.4. The van der Waals surface area contributed by atoms with Gasteiger partial charge in [-0.3, -0.25) is 19.2 Å². The molecule has 0 saturated carbocycles. The Morgan fingerprint density at radius 1 is 1.03 bits per heavy atom. The van der Waals surface area contributed by atoms with Crippen molar-refractivity contribution in [2.24, 2.45) is 11.8 Å². The maximum atomic E-state index is 13.9. The minimum Gasteiger partial charge on any atom is -0.292 e. The van der Waals surface area contributed by atoms with Crippen LogP contribution in [-0.2, 0) is 9.59 Å². The lowest BCUT2D eigenvalue weighted by Gasteiger charge is -2.36. The van der Waals surface area contributed by atoms with Crippen molar-refractivity contribution >= 4 is 58.3 Å². The van der Waals surface area contributed by atoms with E-state index in [1.54, 1.807) is 24.3 Å². The van der Waals surface area contributed by atoms with Gasteiger partial charge in [-0.1, -0.05) is 47.0 Å². The van der Waals surface area contributed by atoms with Crippen LogP contribution in [0.3, 0.4) is 0 Å². The van der Waals surface area contributed by atoms with E-state index in [1.807, 2.05) is 13.0 Å². The number of Topliss-reactive ketones (excluding diaryl/α,β-unsaturated/α-hetero) is 1. The standard InChI is InChI=1S/C26H23Cl3N2O4/c1-15-6-11-18-20(14-15)26(35)31(24(18)33)30(25(34)19-4-2-3-5-21(19)29)22(12-13-27)23(32)16-7-9-17(28)10-8-16/h2-10,18,20,22H,11-14H2,1H3/t18-,20-,22-/m0/s1. The van der Waals surface area contributed by atoms with Crippen molar-refractivity contribution in [1.29, 1.82) is 0 Å². The summed E-state index contributed by atoms with van der Waals surface area (Å²) in [6.45, 7) is 1.91. The average molecular weight is 534 g/mol. The Balaban J connectivity index is 1.82. The molecule has 1 aliphatic heterocycles. The Labute approximate surface area is 218 Å². The van der Waals surface area contributed by atoms with Crippen molar-refractivity contribution in [1.82, 2.24) is 10.0 Å². The second kappa shape index (κ2) is 10.5. The van der Waals surface area contributed by atoms with E-state index in [4.69, 9.17) is 34.8 Å². The number of allylic oxidation sites excluding steroid dienone is 2. The SMILES string of the molecule is CC1=CC[C@@H]2C(=O)N(N(C(=O)c3ccccc3Cl)[C@@H](CCCl)C(=O)c3ccc(Cl)cc3)C(=O)[C@H]2C1. The molecule has 2 aromatic rings. The number of imide groups is 1. The van der Waals surface area contributed by atoms with Crippen LogP contribution in [0.5, 0.6) is 0 Å². The van der Waals surface area contributed by atoms with Gasteiger partial charge in [-0.25, -0.2) is 5.01 Å². The van der Waals surface area contributed by atoms with Crippen molar-refractivity contribution < 1.29 is 19.2 Å². The fraction of sp³-hybridized carbons (Fsp3) is 0.308. The van der Waals surface area contributed by atoms with E-state index in [9.17, 15) is 19.2 Å². The molecule has 0 aromatic heterocycles. The molecule has 3 atom stereocenters. The molecule has 1 fully saturated rings. The molecule has 0 spiro atoms. The highest BCUT2D eigenvalue weighted by molar-refractivity contribution is 6.34. The minimum atomic E-state index is -1.21. The van der Waals surface area contributed by atoms with Crippen LogP contribution < -0.4 is 0 Å². The smallest absolute Gasteiger partial charge is 0.275 e. The number of rotatable bonds is 7. The average Bonchev–Trinajstić information content (AvgIpc) is 3.08. The molecular formula is C26H23Cl3N2O4. The van der Waals surface area contributed by atoms with Crippen LogP contribution in [0, 0.1) is 11.8 Å². The molecule has 0 N–H and O–H groups in total. The molecule has 4 rings (SSSR count). The van der Waals surface area contributed by atoms with Crippen LogP contribution in [0.1, 0.15) is 46.9 Å². The number of alkyl halides is 1. The Kier molecular flexibility index (Phi) is 7.64. The van der Waals surface area contributed by atoms with Gasteiger partial charge in [0.2, 0.25) is 0 Å². The van der Waals surface area contributed by atoms with E-state index in [2.05, 4.69) is 0 Å². The maximum Gasteiger partial charge on any atom is 0.275 e. The lowest BCUT2D eigenvalue weighted by Crippen LogP contribution is -2.57. The number of carbonyl (C=O) groups is 4. The topological polar surface area (TPSA) is 74.8 Å². The van der Waals surface area contributed by atoms with E-state index in [0.717, 1.165) is 15.6 Å². The third-order valence-corrected chi connectivity index (χ3v) is 7.24. The number of hydrogen-bond donors (Lipinski definition) is 0. The number of hydrogen-bond acceptors (Lipinski definition) is 4. The number of benzene rings is 2. The molecule has 1 aliphatic carbocycles. The Bertz CT molecular complexity index is 1210. The molecule has 0 bridgehead atoms. The largest absolute Gasteiger partial charge is 0.292 e. The second-order valence-corrected chi connectivity index (χ2v) is 9.91. The second-order valence-electron chi connectivity index (χ2n) is 8.69. The highest BCUT2D eigenvalue weighted by Crippen LogP contribution is 2.39. The molecule has 1 heterocycles. The molecule has 2 aliphatic rings. The van der Waals surface area contributed by atoms with E-state index in [-0.39, 0.29) is 28.5 Å². The Morgan fingerprint density at radius 3 is 2.34 bits per heavy atom. The van der Waals surface area contributed by atoms with Crippen molar-refractivity contribution in [2.75, 3.05) is 5.88 Å². The van der Waals surface area contributed by atoms with Gasteiger partial charge in [0.25, 0.3) is 17.7 Å². The lowest BCUT2D eigenvalue weighted by atomic mass is 9.82. The summed E-state index contributed by atoms with van der Waals surface area (Å²) in [6, 6.07) is 11.3. The molecule has 35 heavy (non-hydrogen) atoms.